The topological polar surface area (TPSA) is 62.5 Å². The second-order valence-corrected chi connectivity index (χ2v) is 7.08. The predicted molar refractivity (Wildman–Crippen MR) is 94.0 cm³/mol. The van der Waals surface area contributed by atoms with E-state index in [2.05, 4.69) is 10.1 Å². The molecule has 24 heavy (non-hydrogen) atoms. The monoisotopic (exact) mass is 362 g/mol. The Labute approximate surface area is 147 Å². The van der Waals surface area contributed by atoms with Crippen molar-refractivity contribution in [1.82, 2.24) is 15.0 Å². The van der Waals surface area contributed by atoms with Gasteiger partial charge < -0.3 is 14.3 Å². The Bertz CT molecular complexity index is 846. The lowest BCUT2D eigenvalue weighted by Crippen LogP contribution is -2.48. The van der Waals surface area contributed by atoms with Crippen molar-refractivity contribution in [3.63, 3.8) is 0 Å². The maximum Gasteiger partial charge on any atom is 0.292 e. The zero-order valence-electron chi connectivity index (χ0n) is 13.0. The first-order valence-electron chi connectivity index (χ1n) is 7.64. The normalized spacial score (nSPS) is 15.2. The molecule has 1 saturated heterocycles. The van der Waals surface area contributed by atoms with Gasteiger partial charge in [-0.15, -0.1) is 0 Å². The molecule has 3 heterocycles. The summed E-state index contributed by atoms with van der Waals surface area (Å²) >= 11 is 7.89. The SMILES string of the molecule is Cc1ccc(Cl)c2sc(N3CCN(C(=O)c4ccno4)CC3)nc12. The molecule has 8 heteroatoms. The number of aromatic nitrogens is 2. The highest BCUT2D eigenvalue weighted by atomic mass is 35.5. The fourth-order valence-electron chi connectivity index (χ4n) is 2.81. The second-order valence-electron chi connectivity index (χ2n) is 5.69. The molecular weight excluding hydrogens is 348 g/mol. The van der Waals surface area contributed by atoms with E-state index in [1.807, 2.05) is 19.1 Å². The average molecular weight is 363 g/mol. The van der Waals surface area contributed by atoms with E-state index < -0.39 is 0 Å². The van der Waals surface area contributed by atoms with Crippen LogP contribution < -0.4 is 4.90 Å². The van der Waals surface area contributed by atoms with Crippen LogP contribution in [0.5, 0.6) is 0 Å². The van der Waals surface area contributed by atoms with Crippen molar-refractivity contribution in [2.24, 2.45) is 0 Å². The fourth-order valence-corrected chi connectivity index (χ4v) is 4.18. The van der Waals surface area contributed by atoms with Gasteiger partial charge in [0.25, 0.3) is 5.91 Å². The van der Waals surface area contributed by atoms with E-state index in [0.29, 0.717) is 13.1 Å². The Morgan fingerprint density at radius 1 is 1.25 bits per heavy atom. The molecule has 0 saturated carbocycles. The van der Waals surface area contributed by atoms with Gasteiger partial charge in [0.1, 0.15) is 0 Å². The van der Waals surface area contributed by atoms with Crippen molar-refractivity contribution in [3.05, 3.63) is 40.7 Å². The van der Waals surface area contributed by atoms with E-state index in [-0.39, 0.29) is 11.7 Å². The number of hydrogen-bond acceptors (Lipinski definition) is 6. The number of rotatable bonds is 2. The maximum absolute atomic E-state index is 12.3. The molecule has 1 aliphatic rings. The van der Waals surface area contributed by atoms with Crippen molar-refractivity contribution in [1.29, 1.82) is 0 Å². The number of halogens is 1. The van der Waals surface area contributed by atoms with Crippen LogP contribution in [0.3, 0.4) is 0 Å². The third-order valence-corrected chi connectivity index (χ3v) is 5.75. The molecule has 2 aromatic heterocycles. The molecule has 0 unspecified atom stereocenters. The number of aryl methyl sites for hydroxylation is 1. The van der Waals surface area contributed by atoms with Crippen molar-refractivity contribution < 1.29 is 9.32 Å². The molecule has 0 bridgehead atoms. The molecular formula is C16H15ClN4O2S. The number of thiazole rings is 1. The summed E-state index contributed by atoms with van der Waals surface area (Å²) in [6, 6.07) is 5.49. The number of carbonyl (C=O) groups excluding carboxylic acids is 1. The molecule has 0 atom stereocenters. The minimum absolute atomic E-state index is 0.115. The van der Waals surface area contributed by atoms with Gasteiger partial charge in [0.05, 0.1) is 21.4 Å². The lowest BCUT2D eigenvalue weighted by Gasteiger charge is -2.33. The fraction of sp³-hybridized carbons (Fsp3) is 0.312. The van der Waals surface area contributed by atoms with Gasteiger partial charge in [0.2, 0.25) is 5.76 Å². The van der Waals surface area contributed by atoms with Gasteiger partial charge in [-0.1, -0.05) is 34.2 Å². The van der Waals surface area contributed by atoms with E-state index in [0.717, 1.165) is 39.0 Å². The molecule has 1 amide bonds. The molecule has 1 aromatic carbocycles. The van der Waals surface area contributed by atoms with Crippen LogP contribution in [0.1, 0.15) is 16.1 Å². The molecule has 4 rings (SSSR count). The van der Waals surface area contributed by atoms with E-state index in [1.165, 1.54) is 6.20 Å². The lowest BCUT2D eigenvalue weighted by atomic mass is 10.2. The number of anilines is 1. The van der Waals surface area contributed by atoms with Crippen molar-refractivity contribution in [3.8, 4) is 0 Å². The van der Waals surface area contributed by atoms with Crippen molar-refractivity contribution in [2.75, 3.05) is 31.1 Å². The summed E-state index contributed by atoms with van der Waals surface area (Å²) < 4.78 is 5.97. The van der Waals surface area contributed by atoms with Crippen LogP contribution in [0.25, 0.3) is 10.2 Å². The largest absolute Gasteiger partial charge is 0.351 e. The number of amides is 1. The molecule has 124 valence electrons. The predicted octanol–water partition coefficient (Wildman–Crippen LogP) is 3.21. The van der Waals surface area contributed by atoms with Crippen LogP contribution in [0.15, 0.2) is 28.9 Å². The summed E-state index contributed by atoms with van der Waals surface area (Å²) in [5.41, 5.74) is 2.08. The highest BCUT2D eigenvalue weighted by Gasteiger charge is 2.26. The van der Waals surface area contributed by atoms with Gasteiger partial charge in [-0.25, -0.2) is 4.98 Å². The van der Waals surface area contributed by atoms with E-state index in [1.54, 1.807) is 22.3 Å². The van der Waals surface area contributed by atoms with Crippen LogP contribution in [-0.4, -0.2) is 47.1 Å². The highest BCUT2D eigenvalue weighted by Crippen LogP contribution is 2.35. The highest BCUT2D eigenvalue weighted by molar-refractivity contribution is 7.22. The lowest BCUT2D eigenvalue weighted by molar-refractivity contribution is 0.0705. The summed E-state index contributed by atoms with van der Waals surface area (Å²) in [5.74, 6) is 0.168. The summed E-state index contributed by atoms with van der Waals surface area (Å²) in [4.78, 5) is 21.0. The smallest absolute Gasteiger partial charge is 0.292 e. The maximum atomic E-state index is 12.3. The van der Waals surface area contributed by atoms with Gasteiger partial charge in [0, 0.05) is 32.2 Å². The van der Waals surface area contributed by atoms with Crippen molar-refractivity contribution >= 4 is 44.2 Å². The van der Waals surface area contributed by atoms with Gasteiger partial charge in [-0.3, -0.25) is 4.79 Å². The zero-order valence-corrected chi connectivity index (χ0v) is 14.6. The van der Waals surface area contributed by atoms with Gasteiger partial charge in [-0.05, 0) is 18.6 Å². The average Bonchev–Trinajstić information content (AvgIpc) is 3.28. The molecule has 1 fully saturated rings. The van der Waals surface area contributed by atoms with Gasteiger partial charge in [0.15, 0.2) is 5.13 Å². The van der Waals surface area contributed by atoms with Crippen LogP contribution in [0.4, 0.5) is 5.13 Å². The van der Waals surface area contributed by atoms with E-state index >= 15 is 0 Å². The first-order chi connectivity index (χ1) is 11.6. The quantitative estimate of drug-likeness (QED) is 0.700. The molecule has 6 nitrogen and oxygen atoms in total. The summed E-state index contributed by atoms with van der Waals surface area (Å²) in [6.07, 6.45) is 1.48. The zero-order chi connectivity index (χ0) is 16.7. The van der Waals surface area contributed by atoms with Crippen LogP contribution >= 0.6 is 22.9 Å². The Morgan fingerprint density at radius 3 is 2.71 bits per heavy atom. The summed E-state index contributed by atoms with van der Waals surface area (Å²) in [6.45, 7) is 4.76. The first-order valence-corrected chi connectivity index (χ1v) is 8.83. The number of hydrogen-bond donors (Lipinski definition) is 0. The summed E-state index contributed by atoms with van der Waals surface area (Å²) in [5, 5.41) is 5.27. The third-order valence-electron chi connectivity index (χ3n) is 4.17. The minimum Gasteiger partial charge on any atom is -0.351 e. The Kier molecular flexibility index (Phi) is 3.90. The Hall–Kier alpha value is -2.12. The van der Waals surface area contributed by atoms with Gasteiger partial charge in [-0.2, -0.15) is 0 Å². The van der Waals surface area contributed by atoms with Crippen LogP contribution in [0.2, 0.25) is 5.02 Å². The number of fused-ring (bicyclic) bond motifs is 1. The van der Waals surface area contributed by atoms with Crippen LogP contribution in [0, 0.1) is 6.92 Å². The standard InChI is InChI=1S/C16H15ClN4O2S/c1-10-2-3-11(17)14-13(10)19-16(24-14)21-8-6-20(7-9-21)15(22)12-4-5-18-23-12/h2-5H,6-9H2,1H3. The molecule has 0 radical (unpaired) electrons. The van der Waals surface area contributed by atoms with Gasteiger partial charge >= 0.3 is 0 Å². The molecule has 1 aliphatic heterocycles. The first kappa shape index (κ1) is 15.4. The van der Waals surface area contributed by atoms with E-state index in [9.17, 15) is 4.79 Å². The molecule has 3 aromatic rings. The number of nitrogens with zero attached hydrogens (tertiary/aromatic N) is 4. The molecule has 0 aliphatic carbocycles. The summed E-state index contributed by atoms with van der Waals surface area (Å²) in [7, 11) is 0. The number of piperazine rings is 1. The number of benzene rings is 1. The second kappa shape index (κ2) is 6.07. The van der Waals surface area contributed by atoms with E-state index in [4.69, 9.17) is 21.1 Å². The third kappa shape index (κ3) is 2.63. The molecule has 0 spiro atoms. The number of carbonyl (C=O) groups is 1. The Balaban J connectivity index is 1.51. The molecule has 0 N–H and O–H groups in total. The van der Waals surface area contributed by atoms with Crippen LogP contribution in [-0.2, 0) is 0 Å². The Morgan fingerprint density at radius 2 is 2.04 bits per heavy atom. The minimum atomic E-state index is -0.115. The van der Waals surface area contributed by atoms with Crippen molar-refractivity contribution in [2.45, 2.75) is 6.92 Å².